The lowest BCUT2D eigenvalue weighted by Crippen LogP contribution is -2.45. The van der Waals surface area contributed by atoms with E-state index in [1.807, 2.05) is 24.3 Å². The third kappa shape index (κ3) is 4.40. The van der Waals surface area contributed by atoms with Gasteiger partial charge in [-0.3, -0.25) is 4.79 Å². The van der Waals surface area contributed by atoms with Gasteiger partial charge in [0.05, 0.1) is 6.04 Å². The Hall–Kier alpha value is -0.770. The maximum atomic E-state index is 13.1. The van der Waals surface area contributed by atoms with Gasteiger partial charge in [-0.15, -0.1) is 12.4 Å². The van der Waals surface area contributed by atoms with Gasteiger partial charge in [-0.2, -0.15) is 0 Å². The van der Waals surface area contributed by atoms with Gasteiger partial charge in [-0.05, 0) is 63.8 Å². The van der Waals surface area contributed by atoms with Crippen LogP contribution in [0.15, 0.2) is 24.3 Å². The predicted molar refractivity (Wildman–Crippen MR) is 97.2 cm³/mol. The molecule has 1 aliphatic carbocycles. The summed E-state index contributed by atoms with van der Waals surface area (Å²) in [4.78, 5) is 15.2. The molecule has 1 saturated heterocycles. The fourth-order valence-electron chi connectivity index (χ4n) is 3.51. The van der Waals surface area contributed by atoms with Crippen molar-refractivity contribution in [1.29, 1.82) is 0 Å². The van der Waals surface area contributed by atoms with Gasteiger partial charge in [0.15, 0.2) is 0 Å². The van der Waals surface area contributed by atoms with E-state index in [4.69, 9.17) is 11.6 Å². The molecule has 5 heteroatoms. The zero-order valence-corrected chi connectivity index (χ0v) is 15.4. The monoisotopic (exact) mass is 356 g/mol. The number of hydrogen-bond acceptors (Lipinski definition) is 2. The number of nitrogens with zero attached hydrogens (tertiary/aromatic N) is 1. The number of carbonyl (C=O) groups is 1. The van der Waals surface area contributed by atoms with Crippen molar-refractivity contribution >= 4 is 29.9 Å². The molecule has 1 N–H and O–H groups in total. The molecule has 1 unspecified atom stereocenters. The van der Waals surface area contributed by atoms with Crippen molar-refractivity contribution in [1.82, 2.24) is 10.2 Å². The number of halogens is 2. The van der Waals surface area contributed by atoms with Crippen LogP contribution in [0.25, 0.3) is 0 Å². The smallest absolute Gasteiger partial charge is 0.226 e. The molecule has 3 atom stereocenters. The zero-order chi connectivity index (χ0) is 15.7. The minimum atomic E-state index is 0. The molecule has 1 saturated carbocycles. The van der Waals surface area contributed by atoms with Crippen LogP contribution >= 0.6 is 24.0 Å². The molecule has 2 aliphatic rings. The maximum absolute atomic E-state index is 13.1. The van der Waals surface area contributed by atoms with Gasteiger partial charge in [0, 0.05) is 23.0 Å². The Morgan fingerprint density at radius 2 is 1.91 bits per heavy atom. The molecule has 0 radical (unpaired) electrons. The molecule has 1 aromatic rings. The minimum Gasteiger partial charge on any atom is -0.333 e. The van der Waals surface area contributed by atoms with Crippen molar-refractivity contribution in [3.8, 4) is 0 Å². The lowest BCUT2D eigenvalue weighted by atomic mass is 9.91. The molecule has 3 nitrogen and oxygen atoms in total. The minimum absolute atomic E-state index is 0. The van der Waals surface area contributed by atoms with Crippen LogP contribution in [0.5, 0.6) is 0 Å². The number of benzene rings is 1. The second-order valence-corrected chi connectivity index (χ2v) is 7.22. The summed E-state index contributed by atoms with van der Waals surface area (Å²) in [5.74, 6) is 0.518. The first-order valence-electron chi connectivity index (χ1n) is 8.37. The quantitative estimate of drug-likeness (QED) is 0.876. The largest absolute Gasteiger partial charge is 0.333 e. The summed E-state index contributed by atoms with van der Waals surface area (Å²) in [6.07, 6.45) is 4.20. The first kappa shape index (κ1) is 18.6. The summed E-state index contributed by atoms with van der Waals surface area (Å²) in [6.45, 7) is 5.26. The molecule has 1 aliphatic heterocycles. The van der Waals surface area contributed by atoms with E-state index in [0.29, 0.717) is 18.0 Å². The molecule has 0 bridgehead atoms. The molecule has 23 heavy (non-hydrogen) atoms. The number of rotatable bonds is 4. The van der Waals surface area contributed by atoms with Crippen molar-refractivity contribution < 1.29 is 4.79 Å². The summed E-state index contributed by atoms with van der Waals surface area (Å²) in [7, 11) is 0. The fourth-order valence-corrected chi connectivity index (χ4v) is 3.63. The van der Waals surface area contributed by atoms with Crippen LogP contribution in [0.3, 0.4) is 0 Å². The lowest BCUT2D eigenvalue weighted by Gasteiger charge is -2.36. The number of nitrogens with one attached hydrogen (secondary N) is 1. The van der Waals surface area contributed by atoms with Crippen LogP contribution in [0, 0.1) is 5.92 Å². The topological polar surface area (TPSA) is 32.3 Å². The number of amides is 1. The SMILES string of the molecule is CC(c1ccc(Cl)cc1)N(C(=O)[C@H]1CCN[C@@H](C)C1)C1CC1.Cl. The third-order valence-electron chi connectivity index (χ3n) is 4.94. The van der Waals surface area contributed by atoms with Crippen molar-refractivity contribution in [3.63, 3.8) is 0 Å². The zero-order valence-electron chi connectivity index (χ0n) is 13.8. The molecule has 1 amide bonds. The van der Waals surface area contributed by atoms with E-state index in [1.165, 1.54) is 5.56 Å². The van der Waals surface area contributed by atoms with Gasteiger partial charge in [-0.1, -0.05) is 23.7 Å². The van der Waals surface area contributed by atoms with E-state index < -0.39 is 0 Å². The van der Waals surface area contributed by atoms with Gasteiger partial charge in [-0.25, -0.2) is 0 Å². The molecular formula is C18H26Cl2N2O. The third-order valence-corrected chi connectivity index (χ3v) is 5.19. The summed E-state index contributed by atoms with van der Waals surface area (Å²) in [6, 6.07) is 8.91. The van der Waals surface area contributed by atoms with E-state index >= 15 is 0 Å². The second-order valence-electron chi connectivity index (χ2n) is 6.78. The highest BCUT2D eigenvalue weighted by Crippen LogP contribution is 2.37. The van der Waals surface area contributed by atoms with E-state index in [0.717, 1.165) is 37.3 Å². The van der Waals surface area contributed by atoms with Crippen LogP contribution in [0.2, 0.25) is 5.02 Å². The average molecular weight is 357 g/mol. The van der Waals surface area contributed by atoms with Crippen molar-refractivity contribution in [2.24, 2.45) is 5.92 Å². The Morgan fingerprint density at radius 1 is 1.26 bits per heavy atom. The van der Waals surface area contributed by atoms with Crippen molar-refractivity contribution in [2.45, 2.75) is 57.7 Å². The van der Waals surface area contributed by atoms with Gasteiger partial charge in [0.1, 0.15) is 0 Å². The molecule has 0 aromatic heterocycles. The molecule has 128 valence electrons. The normalized spacial score (nSPS) is 25.3. The fraction of sp³-hybridized carbons (Fsp3) is 0.611. The standard InChI is InChI=1S/C18H25ClN2O.ClH/c1-12-11-15(9-10-20-12)18(22)21(17-7-8-17)13(2)14-3-5-16(19)6-4-14;/h3-6,12-13,15,17,20H,7-11H2,1-2H3;1H/t12-,13?,15-;/m0./s1. The Bertz CT molecular complexity index is 530. The van der Waals surface area contributed by atoms with Gasteiger partial charge in [0.25, 0.3) is 0 Å². The molecule has 1 aromatic carbocycles. The van der Waals surface area contributed by atoms with E-state index in [-0.39, 0.29) is 24.4 Å². The number of piperidine rings is 1. The highest BCUT2D eigenvalue weighted by molar-refractivity contribution is 6.30. The van der Waals surface area contributed by atoms with Crippen LogP contribution in [0.4, 0.5) is 0 Å². The summed E-state index contributed by atoms with van der Waals surface area (Å²) < 4.78 is 0. The van der Waals surface area contributed by atoms with Crippen molar-refractivity contribution in [3.05, 3.63) is 34.9 Å². The van der Waals surface area contributed by atoms with Crippen LogP contribution in [-0.2, 0) is 4.79 Å². The van der Waals surface area contributed by atoms with Gasteiger partial charge < -0.3 is 10.2 Å². The highest BCUT2D eigenvalue weighted by Gasteiger charge is 2.39. The van der Waals surface area contributed by atoms with Crippen LogP contribution in [-0.4, -0.2) is 29.4 Å². The first-order chi connectivity index (χ1) is 10.6. The first-order valence-corrected chi connectivity index (χ1v) is 8.75. The second kappa shape index (κ2) is 7.87. The van der Waals surface area contributed by atoms with Crippen LogP contribution in [0.1, 0.15) is 51.1 Å². The van der Waals surface area contributed by atoms with E-state index in [2.05, 4.69) is 24.1 Å². The van der Waals surface area contributed by atoms with Gasteiger partial charge >= 0.3 is 0 Å². The summed E-state index contributed by atoms with van der Waals surface area (Å²) in [5, 5.41) is 4.18. The van der Waals surface area contributed by atoms with E-state index in [1.54, 1.807) is 0 Å². The summed E-state index contributed by atoms with van der Waals surface area (Å²) in [5.41, 5.74) is 1.17. The van der Waals surface area contributed by atoms with Crippen LogP contribution < -0.4 is 5.32 Å². The van der Waals surface area contributed by atoms with E-state index in [9.17, 15) is 4.79 Å². The van der Waals surface area contributed by atoms with Crippen molar-refractivity contribution in [2.75, 3.05) is 6.54 Å². The number of hydrogen-bond donors (Lipinski definition) is 1. The lowest BCUT2D eigenvalue weighted by molar-refractivity contribution is -0.139. The number of carbonyl (C=O) groups excluding carboxylic acids is 1. The average Bonchev–Trinajstić information content (AvgIpc) is 3.32. The molecule has 0 spiro atoms. The maximum Gasteiger partial charge on any atom is 0.226 e. The highest BCUT2D eigenvalue weighted by atomic mass is 35.5. The Kier molecular flexibility index (Phi) is 6.35. The predicted octanol–water partition coefficient (Wildman–Crippen LogP) is 4.20. The Morgan fingerprint density at radius 3 is 2.48 bits per heavy atom. The Balaban J connectivity index is 0.00000192. The molecule has 2 fully saturated rings. The molecular weight excluding hydrogens is 331 g/mol. The molecule has 3 rings (SSSR count). The summed E-state index contributed by atoms with van der Waals surface area (Å²) >= 11 is 5.98. The Labute approximate surface area is 150 Å². The van der Waals surface area contributed by atoms with Gasteiger partial charge in [0.2, 0.25) is 5.91 Å². The molecule has 1 heterocycles.